The molecule has 34 heavy (non-hydrogen) atoms. The minimum atomic E-state index is -0.134. The van der Waals surface area contributed by atoms with E-state index in [1.165, 1.54) is 11.1 Å². The van der Waals surface area contributed by atoms with E-state index in [0.717, 1.165) is 55.7 Å². The molecule has 0 radical (unpaired) electrons. The molecule has 1 aromatic carbocycles. The summed E-state index contributed by atoms with van der Waals surface area (Å²) in [4.78, 5) is 28.6. The molecular weight excluding hydrogens is 426 g/mol. The van der Waals surface area contributed by atoms with Crippen LogP contribution in [0.15, 0.2) is 35.6 Å². The van der Waals surface area contributed by atoms with E-state index in [4.69, 9.17) is 9.73 Å². The lowest BCUT2D eigenvalue weighted by Crippen LogP contribution is -2.41. The monoisotopic (exact) mass is 465 g/mol. The van der Waals surface area contributed by atoms with Crippen molar-refractivity contribution in [3.63, 3.8) is 0 Å². The smallest absolute Gasteiger partial charge is 0.265 e. The van der Waals surface area contributed by atoms with Gasteiger partial charge in [0.1, 0.15) is 17.7 Å². The Balaban J connectivity index is 1.76. The van der Waals surface area contributed by atoms with Gasteiger partial charge in [-0.3, -0.25) is 4.79 Å². The van der Waals surface area contributed by atoms with Crippen molar-refractivity contribution in [1.82, 2.24) is 20.2 Å². The summed E-state index contributed by atoms with van der Waals surface area (Å²) in [6.45, 7) is 8.28. The van der Waals surface area contributed by atoms with E-state index < -0.39 is 0 Å². The first kappa shape index (κ1) is 26.0. The summed E-state index contributed by atoms with van der Waals surface area (Å²) in [5, 5.41) is 3.09. The zero-order valence-electron chi connectivity index (χ0n) is 21.3. The lowest BCUT2D eigenvalue weighted by molar-refractivity contribution is -0.116. The summed E-state index contributed by atoms with van der Waals surface area (Å²) >= 11 is 0. The van der Waals surface area contributed by atoms with Gasteiger partial charge in [0.25, 0.3) is 5.91 Å². The molecule has 1 N–H and O–H groups in total. The number of carbonyl (C=O) groups excluding carboxylic acids is 1. The van der Waals surface area contributed by atoms with Crippen LogP contribution in [0.3, 0.4) is 0 Å². The fourth-order valence-electron chi connectivity index (χ4n) is 4.42. The van der Waals surface area contributed by atoms with Gasteiger partial charge in [-0.25, -0.2) is 15.0 Å². The van der Waals surface area contributed by atoms with Crippen molar-refractivity contribution in [2.75, 3.05) is 33.9 Å². The molecule has 1 aliphatic rings. The second-order valence-electron chi connectivity index (χ2n) is 9.50. The predicted octanol–water partition coefficient (Wildman–Crippen LogP) is 4.15. The van der Waals surface area contributed by atoms with Gasteiger partial charge in [-0.15, -0.1) is 0 Å². The number of nitrogens with one attached hydrogen (secondary N) is 1. The van der Waals surface area contributed by atoms with Gasteiger partial charge in [0.2, 0.25) is 0 Å². The first-order chi connectivity index (χ1) is 16.3. The highest BCUT2D eigenvalue weighted by Crippen LogP contribution is 2.30. The van der Waals surface area contributed by atoms with Crippen molar-refractivity contribution in [1.29, 1.82) is 0 Å². The molecule has 0 bridgehead atoms. The Morgan fingerprint density at radius 1 is 1.18 bits per heavy atom. The van der Waals surface area contributed by atoms with Gasteiger partial charge in [-0.2, -0.15) is 0 Å². The van der Waals surface area contributed by atoms with Crippen molar-refractivity contribution in [3.05, 3.63) is 53.1 Å². The van der Waals surface area contributed by atoms with E-state index in [1.807, 2.05) is 6.92 Å². The molecule has 1 atom stereocenters. The summed E-state index contributed by atoms with van der Waals surface area (Å²) in [6, 6.07) is 8.78. The van der Waals surface area contributed by atoms with Crippen molar-refractivity contribution >= 4 is 17.3 Å². The van der Waals surface area contributed by atoms with E-state index in [9.17, 15) is 4.79 Å². The largest absolute Gasteiger partial charge is 0.381 e. The normalized spacial score (nSPS) is 16.0. The van der Waals surface area contributed by atoms with Crippen LogP contribution in [-0.4, -0.2) is 66.4 Å². The standard InChI is InChI=1S/C27H39N5O2/c1-19-8-6-7-9-24(19)22(12-15-32(4)5)10-11-25-26(20(2)28-18-29-25)30-21(3)27(33)31-23-13-16-34-17-14-23/h6-9,18,22-23H,10-17H2,1-5H3,(H,31,33). The topological polar surface area (TPSA) is 79.7 Å². The van der Waals surface area contributed by atoms with Gasteiger partial charge in [0, 0.05) is 19.3 Å². The first-order valence-electron chi connectivity index (χ1n) is 12.3. The maximum Gasteiger partial charge on any atom is 0.265 e. The zero-order valence-corrected chi connectivity index (χ0v) is 21.3. The minimum absolute atomic E-state index is 0.134. The van der Waals surface area contributed by atoms with Crippen molar-refractivity contribution in [2.45, 2.75) is 64.8 Å². The molecule has 3 rings (SSSR count). The number of ether oxygens (including phenoxy) is 1. The molecule has 1 aromatic heterocycles. The lowest BCUT2D eigenvalue weighted by Gasteiger charge is -2.23. The molecule has 1 amide bonds. The molecular formula is C27H39N5O2. The number of hydrogen-bond donors (Lipinski definition) is 1. The highest BCUT2D eigenvalue weighted by Gasteiger charge is 2.20. The first-order valence-corrected chi connectivity index (χ1v) is 12.3. The summed E-state index contributed by atoms with van der Waals surface area (Å²) in [5.74, 6) is 0.290. The van der Waals surface area contributed by atoms with E-state index in [0.29, 0.717) is 24.8 Å². The van der Waals surface area contributed by atoms with Crippen LogP contribution in [0.4, 0.5) is 5.69 Å². The minimum Gasteiger partial charge on any atom is -0.381 e. The molecule has 7 heteroatoms. The molecule has 0 spiro atoms. The number of carbonyl (C=O) groups is 1. The molecule has 1 unspecified atom stereocenters. The third-order valence-corrected chi connectivity index (χ3v) is 6.53. The third-order valence-electron chi connectivity index (χ3n) is 6.53. The molecule has 7 nitrogen and oxygen atoms in total. The average molecular weight is 466 g/mol. The van der Waals surface area contributed by atoms with Crippen LogP contribution in [0.5, 0.6) is 0 Å². The maximum absolute atomic E-state index is 12.7. The molecule has 1 saturated heterocycles. The number of nitrogens with zero attached hydrogens (tertiary/aromatic N) is 4. The quantitative estimate of drug-likeness (QED) is 0.533. The van der Waals surface area contributed by atoms with Crippen LogP contribution in [-0.2, 0) is 16.0 Å². The number of hydrogen-bond acceptors (Lipinski definition) is 6. The van der Waals surface area contributed by atoms with Crippen LogP contribution in [0.1, 0.15) is 61.0 Å². The van der Waals surface area contributed by atoms with E-state index in [2.05, 4.69) is 65.5 Å². The Hall–Kier alpha value is -2.64. The zero-order chi connectivity index (χ0) is 24.5. The Bertz CT molecular complexity index is 983. The highest BCUT2D eigenvalue weighted by molar-refractivity contribution is 6.38. The molecule has 0 saturated carbocycles. The maximum atomic E-state index is 12.7. The number of aliphatic imine (C=N–C) groups is 1. The van der Waals surface area contributed by atoms with Crippen molar-refractivity contribution < 1.29 is 9.53 Å². The number of aryl methyl sites for hydroxylation is 3. The Kier molecular flexibility index (Phi) is 9.72. The van der Waals surface area contributed by atoms with Crippen molar-refractivity contribution in [2.24, 2.45) is 4.99 Å². The van der Waals surface area contributed by atoms with E-state index in [-0.39, 0.29) is 11.9 Å². The van der Waals surface area contributed by atoms with E-state index in [1.54, 1.807) is 13.3 Å². The fraction of sp³-hybridized carbons (Fsp3) is 0.556. The Morgan fingerprint density at radius 2 is 1.91 bits per heavy atom. The fourth-order valence-corrected chi connectivity index (χ4v) is 4.42. The second kappa shape index (κ2) is 12.7. The number of rotatable bonds is 10. The van der Waals surface area contributed by atoms with Crippen LogP contribution in [0.2, 0.25) is 0 Å². The van der Waals surface area contributed by atoms with Crippen molar-refractivity contribution in [3.8, 4) is 0 Å². The van der Waals surface area contributed by atoms with Gasteiger partial charge < -0.3 is 15.0 Å². The predicted molar refractivity (Wildman–Crippen MR) is 137 cm³/mol. The lowest BCUT2D eigenvalue weighted by atomic mass is 9.87. The van der Waals surface area contributed by atoms with Gasteiger partial charge in [0.05, 0.1) is 11.4 Å². The van der Waals surface area contributed by atoms with Crippen LogP contribution in [0, 0.1) is 13.8 Å². The second-order valence-corrected chi connectivity index (χ2v) is 9.50. The van der Waals surface area contributed by atoms with Crippen LogP contribution in [0.25, 0.3) is 0 Å². The van der Waals surface area contributed by atoms with Gasteiger partial charge in [-0.1, -0.05) is 24.3 Å². The SMILES string of the molecule is CC(=Nc1c(C)ncnc1CCC(CCN(C)C)c1ccccc1C)C(=O)NC1CCOCC1. The number of amides is 1. The molecule has 1 aliphatic heterocycles. The molecule has 2 heterocycles. The Morgan fingerprint density at radius 3 is 2.62 bits per heavy atom. The van der Waals surface area contributed by atoms with Crippen LogP contribution < -0.4 is 5.32 Å². The van der Waals surface area contributed by atoms with Gasteiger partial charge in [-0.05, 0) is 90.6 Å². The van der Waals surface area contributed by atoms with Gasteiger partial charge >= 0.3 is 0 Å². The van der Waals surface area contributed by atoms with Crippen LogP contribution >= 0.6 is 0 Å². The van der Waals surface area contributed by atoms with E-state index >= 15 is 0 Å². The summed E-state index contributed by atoms with van der Waals surface area (Å²) in [7, 11) is 4.23. The number of aromatic nitrogens is 2. The number of benzene rings is 1. The average Bonchev–Trinajstić information content (AvgIpc) is 2.82. The summed E-state index contributed by atoms with van der Waals surface area (Å²) < 4.78 is 5.38. The third kappa shape index (κ3) is 7.43. The molecule has 184 valence electrons. The summed E-state index contributed by atoms with van der Waals surface area (Å²) in [6.07, 6.45) is 6.10. The molecule has 2 aromatic rings. The molecule has 1 fully saturated rings. The highest BCUT2D eigenvalue weighted by atomic mass is 16.5. The molecule has 0 aliphatic carbocycles. The summed E-state index contributed by atoms with van der Waals surface area (Å²) in [5.41, 5.74) is 5.57. The van der Waals surface area contributed by atoms with Gasteiger partial charge in [0.15, 0.2) is 0 Å². The Labute approximate surface area is 204 Å².